The van der Waals surface area contributed by atoms with E-state index in [0.717, 1.165) is 5.56 Å². The first-order chi connectivity index (χ1) is 11.1. The predicted molar refractivity (Wildman–Crippen MR) is 80.5 cm³/mol. The number of amides is 2. The molecule has 0 radical (unpaired) electrons. The third-order valence-corrected chi connectivity index (χ3v) is 3.28. The van der Waals surface area contributed by atoms with Crippen LogP contribution in [0.1, 0.15) is 12.0 Å². The Morgan fingerprint density at radius 3 is 2.87 bits per heavy atom. The van der Waals surface area contributed by atoms with Crippen LogP contribution in [0.3, 0.4) is 0 Å². The van der Waals surface area contributed by atoms with Gasteiger partial charge in [-0.25, -0.2) is 4.79 Å². The van der Waals surface area contributed by atoms with E-state index >= 15 is 0 Å². The summed E-state index contributed by atoms with van der Waals surface area (Å²) in [6.45, 7) is 1.42. The molecule has 8 heteroatoms. The maximum atomic E-state index is 12.2. The minimum atomic E-state index is -0.954. The van der Waals surface area contributed by atoms with E-state index < -0.39 is 5.97 Å². The van der Waals surface area contributed by atoms with Crippen molar-refractivity contribution in [1.82, 2.24) is 10.2 Å². The summed E-state index contributed by atoms with van der Waals surface area (Å²) >= 11 is 0. The van der Waals surface area contributed by atoms with E-state index in [-0.39, 0.29) is 25.8 Å². The molecule has 0 saturated heterocycles. The third-order valence-electron chi connectivity index (χ3n) is 3.28. The normalized spacial score (nSPS) is 12.0. The van der Waals surface area contributed by atoms with Crippen molar-refractivity contribution in [2.75, 3.05) is 33.6 Å². The van der Waals surface area contributed by atoms with Gasteiger partial charge in [-0.05, 0) is 17.7 Å². The number of nitrogens with one attached hydrogen (secondary N) is 1. The summed E-state index contributed by atoms with van der Waals surface area (Å²) in [4.78, 5) is 24.2. The molecule has 0 bridgehead atoms. The van der Waals surface area contributed by atoms with Crippen molar-refractivity contribution in [3.8, 4) is 11.5 Å². The smallest absolute Gasteiger partial charge is 0.317 e. The van der Waals surface area contributed by atoms with Crippen LogP contribution in [0.5, 0.6) is 11.5 Å². The topological polar surface area (TPSA) is 97.3 Å². The molecular formula is C15H20N2O6. The van der Waals surface area contributed by atoms with Gasteiger partial charge in [-0.1, -0.05) is 6.07 Å². The average Bonchev–Trinajstić information content (AvgIpc) is 2.98. The maximum Gasteiger partial charge on any atom is 0.317 e. The van der Waals surface area contributed by atoms with Gasteiger partial charge in [0.2, 0.25) is 6.79 Å². The van der Waals surface area contributed by atoms with Crippen LogP contribution in [-0.2, 0) is 16.1 Å². The Labute approximate surface area is 133 Å². The molecule has 0 spiro atoms. The second-order valence-corrected chi connectivity index (χ2v) is 4.98. The molecule has 0 aliphatic carbocycles. The highest BCUT2D eigenvalue weighted by molar-refractivity contribution is 5.75. The van der Waals surface area contributed by atoms with Crippen LogP contribution >= 0.6 is 0 Å². The van der Waals surface area contributed by atoms with Gasteiger partial charge in [0, 0.05) is 26.7 Å². The molecule has 1 aliphatic heterocycles. The minimum absolute atomic E-state index is 0.0821. The van der Waals surface area contributed by atoms with Crippen LogP contribution in [0.25, 0.3) is 0 Å². The first kappa shape index (κ1) is 16.9. The Balaban J connectivity index is 1.96. The first-order valence-corrected chi connectivity index (χ1v) is 7.22. The SMILES string of the molecule is COCCN(Cc1ccc2c(c1)OCO2)C(=O)NCCC(=O)O. The number of benzene rings is 1. The second-order valence-electron chi connectivity index (χ2n) is 4.98. The van der Waals surface area contributed by atoms with Crippen molar-refractivity contribution < 1.29 is 28.9 Å². The van der Waals surface area contributed by atoms with Gasteiger partial charge in [0.1, 0.15) is 0 Å². The predicted octanol–water partition coefficient (Wildman–Crippen LogP) is 1.05. The van der Waals surface area contributed by atoms with Gasteiger partial charge in [-0.2, -0.15) is 0 Å². The number of rotatable bonds is 8. The molecular weight excluding hydrogens is 304 g/mol. The van der Waals surface area contributed by atoms with Crippen LogP contribution in [0, 0.1) is 0 Å². The number of methoxy groups -OCH3 is 1. The fourth-order valence-electron chi connectivity index (χ4n) is 2.10. The summed E-state index contributed by atoms with van der Waals surface area (Å²) in [5.41, 5.74) is 0.888. The Morgan fingerprint density at radius 1 is 1.35 bits per heavy atom. The maximum absolute atomic E-state index is 12.2. The number of aliphatic carboxylic acids is 1. The largest absolute Gasteiger partial charge is 0.481 e. The Hall–Kier alpha value is -2.48. The second kappa shape index (κ2) is 8.23. The quantitative estimate of drug-likeness (QED) is 0.742. The molecule has 0 aromatic heterocycles. The molecule has 2 rings (SSSR count). The van der Waals surface area contributed by atoms with Gasteiger partial charge in [0.15, 0.2) is 11.5 Å². The van der Waals surface area contributed by atoms with Crippen LogP contribution < -0.4 is 14.8 Å². The molecule has 0 saturated carbocycles. The molecule has 2 N–H and O–H groups in total. The molecule has 8 nitrogen and oxygen atoms in total. The highest BCUT2D eigenvalue weighted by atomic mass is 16.7. The van der Waals surface area contributed by atoms with Crippen molar-refractivity contribution >= 4 is 12.0 Å². The van der Waals surface area contributed by atoms with Gasteiger partial charge in [-0.15, -0.1) is 0 Å². The number of ether oxygens (including phenoxy) is 3. The van der Waals surface area contributed by atoms with Crippen LogP contribution in [0.15, 0.2) is 18.2 Å². The number of carboxylic acids is 1. The number of carbonyl (C=O) groups is 2. The van der Waals surface area contributed by atoms with E-state index in [0.29, 0.717) is 31.2 Å². The van der Waals surface area contributed by atoms with Crippen molar-refractivity contribution in [1.29, 1.82) is 0 Å². The van der Waals surface area contributed by atoms with Crippen molar-refractivity contribution in [2.45, 2.75) is 13.0 Å². The molecule has 23 heavy (non-hydrogen) atoms. The molecule has 1 aromatic carbocycles. The fourth-order valence-corrected chi connectivity index (χ4v) is 2.10. The highest BCUT2D eigenvalue weighted by Gasteiger charge is 2.17. The molecule has 0 fully saturated rings. The number of carboxylic acid groups (broad SMARTS) is 1. The summed E-state index contributed by atoms with van der Waals surface area (Å²) in [6, 6.07) is 5.15. The van der Waals surface area contributed by atoms with Crippen LogP contribution in [0.4, 0.5) is 4.79 Å². The van der Waals surface area contributed by atoms with E-state index in [9.17, 15) is 9.59 Å². The number of nitrogens with zero attached hydrogens (tertiary/aromatic N) is 1. The molecule has 1 aromatic rings. The molecule has 1 heterocycles. The minimum Gasteiger partial charge on any atom is -0.481 e. The number of urea groups is 1. The van der Waals surface area contributed by atoms with Gasteiger partial charge in [0.05, 0.1) is 13.0 Å². The molecule has 1 aliphatic rings. The third kappa shape index (κ3) is 5.03. The lowest BCUT2D eigenvalue weighted by Gasteiger charge is -2.23. The Kier molecular flexibility index (Phi) is 6.04. The van der Waals surface area contributed by atoms with Crippen LogP contribution in [0.2, 0.25) is 0 Å². The molecule has 0 unspecified atom stereocenters. The van der Waals surface area contributed by atoms with Gasteiger partial charge in [-0.3, -0.25) is 4.79 Å². The van der Waals surface area contributed by atoms with Gasteiger partial charge in [0.25, 0.3) is 0 Å². The standard InChI is InChI=1S/C15H20N2O6/c1-21-7-6-17(15(20)16-5-4-14(18)19)9-11-2-3-12-13(8-11)23-10-22-12/h2-3,8H,4-7,9-10H2,1H3,(H,16,20)(H,18,19). The van der Waals surface area contributed by atoms with Crippen molar-refractivity contribution in [3.05, 3.63) is 23.8 Å². The average molecular weight is 324 g/mol. The Morgan fingerprint density at radius 2 is 2.13 bits per heavy atom. The fraction of sp³-hybridized carbons (Fsp3) is 0.467. The van der Waals surface area contributed by atoms with E-state index in [1.165, 1.54) is 0 Å². The molecule has 0 atom stereocenters. The Bertz CT molecular complexity index is 563. The highest BCUT2D eigenvalue weighted by Crippen LogP contribution is 2.32. The lowest BCUT2D eigenvalue weighted by atomic mass is 10.2. The van der Waals surface area contributed by atoms with E-state index in [1.54, 1.807) is 18.1 Å². The molecule has 2 amide bonds. The van der Waals surface area contributed by atoms with Crippen molar-refractivity contribution in [2.24, 2.45) is 0 Å². The summed E-state index contributed by atoms with van der Waals surface area (Å²) in [6.07, 6.45) is -0.117. The zero-order valence-corrected chi connectivity index (χ0v) is 12.9. The zero-order valence-electron chi connectivity index (χ0n) is 12.9. The van der Waals surface area contributed by atoms with E-state index in [1.807, 2.05) is 12.1 Å². The zero-order chi connectivity index (χ0) is 16.7. The van der Waals surface area contributed by atoms with E-state index in [2.05, 4.69) is 5.32 Å². The summed E-state index contributed by atoms with van der Waals surface area (Å²) in [7, 11) is 1.56. The van der Waals surface area contributed by atoms with Gasteiger partial charge < -0.3 is 29.5 Å². The lowest BCUT2D eigenvalue weighted by Crippen LogP contribution is -2.41. The van der Waals surface area contributed by atoms with Crippen LogP contribution in [-0.4, -0.2) is 55.6 Å². The molecule has 126 valence electrons. The monoisotopic (exact) mass is 324 g/mol. The number of hydrogen-bond acceptors (Lipinski definition) is 5. The van der Waals surface area contributed by atoms with Crippen molar-refractivity contribution in [3.63, 3.8) is 0 Å². The first-order valence-electron chi connectivity index (χ1n) is 7.22. The summed E-state index contributed by atoms with van der Waals surface area (Å²) in [5, 5.41) is 11.2. The number of carbonyl (C=O) groups excluding carboxylic acids is 1. The summed E-state index contributed by atoms with van der Waals surface area (Å²) < 4.78 is 15.6. The van der Waals surface area contributed by atoms with Gasteiger partial charge >= 0.3 is 12.0 Å². The number of fused-ring (bicyclic) bond motifs is 1. The number of hydrogen-bond donors (Lipinski definition) is 2. The lowest BCUT2D eigenvalue weighted by molar-refractivity contribution is -0.136. The summed E-state index contributed by atoms with van der Waals surface area (Å²) in [5.74, 6) is 0.382. The van der Waals surface area contributed by atoms with E-state index in [4.69, 9.17) is 19.3 Å².